The largest absolute Gasteiger partial charge is 0.490 e. The molecular weight excluding hydrogens is 505 g/mol. The number of benzene rings is 2. The molecule has 0 amide bonds. The summed E-state index contributed by atoms with van der Waals surface area (Å²) in [4.78, 5) is 16.6. The molecule has 2 aromatic rings. The lowest BCUT2D eigenvalue weighted by Crippen LogP contribution is -2.07. The van der Waals surface area contributed by atoms with Crippen molar-refractivity contribution in [3.8, 4) is 11.5 Å². The Balaban J connectivity index is 1.95. The fourth-order valence-electron chi connectivity index (χ4n) is 2.64. The van der Waals surface area contributed by atoms with Crippen LogP contribution in [0.25, 0.3) is 6.08 Å². The van der Waals surface area contributed by atoms with E-state index >= 15 is 0 Å². The lowest BCUT2D eigenvalue weighted by atomic mass is 10.1. The van der Waals surface area contributed by atoms with Gasteiger partial charge in [-0.25, -0.2) is 9.79 Å². The standard InChI is InChI=1S/C22H21ClINO4/c1-4-27-19-11-14(9-17(24)20(19)28-12-13(2)3)10-18-22(26)29-21(25-18)15-7-5-6-8-16(15)23/h5-11,13H,4,12H2,1-3H3/b18-10-. The predicted molar refractivity (Wildman–Crippen MR) is 123 cm³/mol. The average molecular weight is 526 g/mol. The Morgan fingerprint density at radius 1 is 1.24 bits per heavy atom. The van der Waals surface area contributed by atoms with E-state index in [0.29, 0.717) is 41.2 Å². The quantitative estimate of drug-likeness (QED) is 0.263. The van der Waals surface area contributed by atoms with Gasteiger partial charge in [-0.2, -0.15) is 0 Å². The first-order valence-electron chi connectivity index (χ1n) is 9.25. The van der Waals surface area contributed by atoms with Gasteiger partial charge in [0, 0.05) is 0 Å². The van der Waals surface area contributed by atoms with E-state index in [-0.39, 0.29) is 11.6 Å². The molecule has 1 aliphatic heterocycles. The zero-order valence-corrected chi connectivity index (χ0v) is 19.3. The van der Waals surface area contributed by atoms with Crippen molar-refractivity contribution < 1.29 is 19.0 Å². The number of carbonyl (C=O) groups is 1. The molecule has 1 aliphatic rings. The van der Waals surface area contributed by atoms with E-state index in [1.165, 1.54) is 0 Å². The molecule has 152 valence electrons. The van der Waals surface area contributed by atoms with Gasteiger partial charge in [0.25, 0.3) is 0 Å². The van der Waals surface area contributed by atoms with Crippen LogP contribution in [0.15, 0.2) is 47.1 Å². The molecule has 0 aliphatic carbocycles. The molecule has 0 saturated carbocycles. The zero-order chi connectivity index (χ0) is 21.0. The highest BCUT2D eigenvalue weighted by molar-refractivity contribution is 14.1. The van der Waals surface area contributed by atoms with Gasteiger partial charge < -0.3 is 14.2 Å². The van der Waals surface area contributed by atoms with Gasteiger partial charge in [0.05, 0.1) is 27.4 Å². The molecule has 0 fully saturated rings. The molecule has 2 aromatic carbocycles. The summed E-state index contributed by atoms with van der Waals surface area (Å²) in [5.41, 5.74) is 1.55. The summed E-state index contributed by atoms with van der Waals surface area (Å²) in [6.07, 6.45) is 1.67. The van der Waals surface area contributed by atoms with Gasteiger partial charge in [0.2, 0.25) is 5.90 Å². The van der Waals surface area contributed by atoms with Crippen molar-refractivity contribution in [1.29, 1.82) is 0 Å². The average Bonchev–Trinajstić information content (AvgIpc) is 3.01. The second-order valence-corrected chi connectivity index (χ2v) is 8.35. The lowest BCUT2D eigenvalue weighted by Gasteiger charge is -2.16. The van der Waals surface area contributed by atoms with Gasteiger partial charge >= 0.3 is 5.97 Å². The topological polar surface area (TPSA) is 57.1 Å². The van der Waals surface area contributed by atoms with Gasteiger partial charge in [-0.15, -0.1) is 0 Å². The molecule has 29 heavy (non-hydrogen) atoms. The number of rotatable bonds is 7. The molecule has 0 N–H and O–H groups in total. The molecule has 0 aromatic heterocycles. The number of ether oxygens (including phenoxy) is 3. The van der Waals surface area contributed by atoms with Crippen LogP contribution in [0, 0.1) is 9.49 Å². The van der Waals surface area contributed by atoms with Crippen LogP contribution in [-0.4, -0.2) is 25.1 Å². The molecule has 0 bridgehead atoms. The number of esters is 1. The van der Waals surface area contributed by atoms with Crippen LogP contribution in [0.2, 0.25) is 5.02 Å². The van der Waals surface area contributed by atoms with Gasteiger partial charge in [0.15, 0.2) is 17.2 Å². The molecule has 0 radical (unpaired) electrons. The van der Waals surface area contributed by atoms with Crippen molar-refractivity contribution in [2.24, 2.45) is 10.9 Å². The van der Waals surface area contributed by atoms with Crippen LogP contribution in [-0.2, 0) is 9.53 Å². The van der Waals surface area contributed by atoms with Gasteiger partial charge in [-0.05, 0) is 71.3 Å². The predicted octanol–water partition coefficient (Wildman–Crippen LogP) is 5.72. The van der Waals surface area contributed by atoms with Crippen molar-refractivity contribution in [1.82, 2.24) is 0 Å². The molecule has 0 spiro atoms. The number of hydrogen-bond acceptors (Lipinski definition) is 5. The maximum atomic E-state index is 12.3. The Morgan fingerprint density at radius 3 is 2.69 bits per heavy atom. The monoisotopic (exact) mass is 525 g/mol. The summed E-state index contributed by atoms with van der Waals surface area (Å²) >= 11 is 8.39. The maximum Gasteiger partial charge on any atom is 0.363 e. The highest BCUT2D eigenvalue weighted by atomic mass is 127. The van der Waals surface area contributed by atoms with Crippen LogP contribution in [0.3, 0.4) is 0 Å². The van der Waals surface area contributed by atoms with E-state index in [1.807, 2.05) is 25.1 Å². The molecule has 5 nitrogen and oxygen atoms in total. The van der Waals surface area contributed by atoms with Crippen LogP contribution < -0.4 is 9.47 Å². The Kier molecular flexibility index (Phi) is 7.18. The number of cyclic esters (lactones) is 1. The first kappa shape index (κ1) is 21.6. The Morgan fingerprint density at radius 2 is 2.00 bits per heavy atom. The molecule has 7 heteroatoms. The van der Waals surface area contributed by atoms with E-state index in [9.17, 15) is 4.79 Å². The number of hydrogen-bond donors (Lipinski definition) is 0. The molecule has 0 atom stereocenters. The third-order valence-corrected chi connectivity index (χ3v) is 5.05. The van der Waals surface area contributed by atoms with Gasteiger partial charge in [0.1, 0.15) is 0 Å². The van der Waals surface area contributed by atoms with Gasteiger partial charge in [-0.3, -0.25) is 0 Å². The molecule has 1 heterocycles. The first-order valence-corrected chi connectivity index (χ1v) is 10.7. The van der Waals surface area contributed by atoms with Crippen molar-refractivity contribution in [2.75, 3.05) is 13.2 Å². The van der Waals surface area contributed by atoms with E-state index in [0.717, 1.165) is 9.13 Å². The minimum absolute atomic E-state index is 0.198. The zero-order valence-electron chi connectivity index (χ0n) is 16.4. The number of carbonyl (C=O) groups excluding carboxylic acids is 1. The smallest absolute Gasteiger partial charge is 0.363 e. The fourth-order valence-corrected chi connectivity index (χ4v) is 3.64. The van der Waals surface area contributed by atoms with E-state index in [1.54, 1.807) is 24.3 Å². The molecule has 0 unspecified atom stereocenters. The number of nitrogens with zero attached hydrogens (tertiary/aromatic N) is 1. The van der Waals surface area contributed by atoms with Crippen LogP contribution in [0.5, 0.6) is 11.5 Å². The van der Waals surface area contributed by atoms with E-state index < -0.39 is 5.97 Å². The summed E-state index contributed by atoms with van der Waals surface area (Å²) in [6, 6.07) is 10.9. The van der Waals surface area contributed by atoms with E-state index in [2.05, 4.69) is 41.4 Å². The summed E-state index contributed by atoms with van der Waals surface area (Å²) in [7, 11) is 0. The molecular formula is C22H21ClINO4. The minimum atomic E-state index is -0.520. The van der Waals surface area contributed by atoms with Crippen molar-refractivity contribution in [3.05, 3.63) is 61.8 Å². The summed E-state index contributed by atoms with van der Waals surface area (Å²) in [6.45, 7) is 7.19. The van der Waals surface area contributed by atoms with Crippen LogP contribution in [0.1, 0.15) is 31.9 Å². The second kappa shape index (κ2) is 9.63. The van der Waals surface area contributed by atoms with Gasteiger partial charge in [-0.1, -0.05) is 37.6 Å². The number of halogens is 2. The van der Waals surface area contributed by atoms with Crippen LogP contribution in [0.4, 0.5) is 0 Å². The number of aliphatic imine (C=N–C) groups is 1. The third kappa shape index (κ3) is 5.30. The van der Waals surface area contributed by atoms with Crippen molar-refractivity contribution >= 4 is 52.1 Å². The SMILES string of the molecule is CCOc1cc(/C=C2\N=C(c3ccccc3Cl)OC2=O)cc(I)c1OCC(C)C. The third-order valence-electron chi connectivity index (χ3n) is 3.92. The summed E-state index contributed by atoms with van der Waals surface area (Å²) in [5, 5.41) is 0.472. The fraction of sp³-hybridized carbons (Fsp3) is 0.273. The summed E-state index contributed by atoms with van der Waals surface area (Å²) in [5.74, 6) is 1.41. The Bertz CT molecular complexity index is 985. The van der Waals surface area contributed by atoms with Crippen molar-refractivity contribution in [3.63, 3.8) is 0 Å². The Labute approximate surface area is 188 Å². The normalized spacial score (nSPS) is 14.9. The summed E-state index contributed by atoms with van der Waals surface area (Å²) < 4.78 is 17.9. The highest BCUT2D eigenvalue weighted by Crippen LogP contribution is 2.35. The van der Waals surface area contributed by atoms with Crippen molar-refractivity contribution in [2.45, 2.75) is 20.8 Å². The minimum Gasteiger partial charge on any atom is -0.490 e. The molecule has 3 rings (SSSR count). The van der Waals surface area contributed by atoms with E-state index in [4.69, 9.17) is 25.8 Å². The van der Waals surface area contributed by atoms with Crippen LogP contribution >= 0.6 is 34.2 Å². The maximum absolute atomic E-state index is 12.3. The Hall–Kier alpha value is -2.06. The highest BCUT2D eigenvalue weighted by Gasteiger charge is 2.25. The second-order valence-electron chi connectivity index (χ2n) is 6.78. The first-order chi connectivity index (χ1) is 13.9. The molecule has 0 saturated heterocycles. The lowest BCUT2D eigenvalue weighted by molar-refractivity contribution is -0.129.